The minimum Gasteiger partial charge on any atom is -0.465 e. The van der Waals surface area contributed by atoms with E-state index in [1.165, 1.54) is 6.07 Å². The summed E-state index contributed by atoms with van der Waals surface area (Å²) < 4.78 is 32.5. The maximum atomic E-state index is 13.5. The maximum absolute atomic E-state index is 13.5. The average molecular weight is 377 g/mol. The summed E-state index contributed by atoms with van der Waals surface area (Å²) >= 11 is 5.86. The molecule has 2 aromatic carbocycles. The lowest BCUT2D eigenvalue weighted by Gasteiger charge is -2.10. The van der Waals surface area contributed by atoms with E-state index in [1.54, 1.807) is 24.3 Å². The van der Waals surface area contributed by atoms with Gasteiger partial charge in [-0.25, -0.2) is 13.6 Å². The average Bonchev–Trinajstić information content (AvgIpc) is 2.61. The minimum absolute atomic E-state index is 0.159. The Balaban J connectivity index is 2.29. The number of ether oxygens (including phenoxy) is 1. The molecule has 0 aliphatic carbocycles. The fourth-order valence-electron chi connectivity index (χ4n) is 2.35. The van der Waals surface area contributed by atoms with Gasteiger partial charge in [-0.3, -0.25) is 4.79 Å². The number of nitrogens with zero attached hydrogens (tertiary/aromatic N) is 2. The Morgan fingerprint density at radius 2 is 1.69 bits per heavy atom. The first kappa shape index (κ1) is 17.8. The SMILES string of the molecule is COC(=O)c1cc(-c2ccc(Cl)cc2)nn(-c2cc(F)cc(F)c2)c1=O. The van der Waals surface area contributed by atoms with E-state index in [2.05, 4.69) is 9.84 Å². The minimum atomic E-state index is -0.891. The molecule has 3 aromatic rings. The molecule has 26 heavy (non-hydrogen) atoms. The fraction of sp³-hybridized carbons (Fsp3) is 0.0556. The van der Waals surface area contributed by atoms with Crippen LogP contribution in [0.5, 0.6) is 0 Å². The van der Waals surface area contributed by atoms with Crippen LogP contribution in [0.4, 0.5) is 8.78 Å². The van der Waals surface area contributed by atoms with E-state index in [0.29, 0.717) is 16.7 Å². The molecule has 0 spiro atoms. The number of carbonyl (C=O) groups excluding carboxylic acids is 1. The van der Waals surface area contributed by atoms with Crippen molar-refractivity contribution >= 4 is 17.6 Å². The third-order valence-electron chi connectivity index (χ3n) is 3.55. The van der Waals surface area contributed by atoms with E-state index in [4.69, 9.17) is 11.6 Å². The summed E-state index contributed by atoms with van der Waals surface area (Å²) in [7, 11) is 1.12. The van der Waals surface area contributed by atoms with E-state index in [0.717, 1.165) is 23.9 Å². The summed E-state index contributed by atoms with van der Waals surface area (Å²) in [6, 6.07) is 10.3. The van der Waals surface area contributed by atoms with E-state index in [-0.39, 0.29) is 16.9 Å². The lowest BCUT2D eigenvalue weighted by atomic mass is 10.1. The maximum Gasteiger partial charge on any atom is 0.343 e. The molecule has 1 heterocycles. The quantitative estimate of drug-likeness (QED) is 0.655. The van der Waals surface area contributed by atoms with E-state index < -0.39 is 23.2 Å². The molecule has 0 unspecified atom stereocenters. The van der Waals surface area contributed by atoms with Crippen molar-refractivity contribution in [2.45, 2.75) is 0 Å². The van der Waals surface area contributed by atoms with Gasteiger partial charge in [0.1, 0.15) is 17.2 Å². The van der Waals surface area contributed by atoms with Gasteiger partial charge in [0.2, 0.25) is 0 Å². The van der Waals surface area contributed by atoms with Crippen LogP contribution in [0, 0.1) is 11.6 Å². The van der Waals surface area contributed by atoms with Gasteiger partial charge in [0.15, 0.2) is 0 Å². The third-order valence-corrected chi connectivity index (χ3v) is 3.80. The number of hydrogen-bond acceptors (Lipinski definition) is 4. The number of methoxy groups -OCH3 is 1. The van der Waals surface area contributed by atoms with Gasteiger partial charge < -0.3 is 4.74 Å². The molecular weight excluding hydrogens is 366 g/mol. The van der Waals surface area contributed by atoms with Crippen LogP contribution in [0.25, 0.3) is 16.9 Å². The molecule has 3 rings (SSSR count). The molecule has 0 aliphatic heterocycles. The molecule has 0 atom stereocenters. The zero-order chi connectivity index (χ0) is 18.8. The molecule has 0 saturated carbocycles. The molecule has 0 radical (unpaired) electrons. The highest BCUT2D eigenvalue weighted by atomic mass is 35.5. The Kier molecular flexibility index (Phi) is 4.81. The molecule has 0 saturated heterocycles. The molecule has 0 fully saturated rings. The fourth-order valence-corrected chi connectivity index (χ4v) is 2.48. The number of hydrogen-bond donors (Lipinski definition) is 0. The summed E-state index contributed by atoms with van der Waals surface area (Å²) in [6.07, 6.45) is 0. The third kappa shape index (κ3) is 3.48. The highest BCUT2D eigenvalue weighted by Crippen LogP contribution is 2.21. The van der Waals surface area contributed by atoms with Crippen molar-refractivity contribution in [2.75, 3.05) is 7.11 Å². The van der Waals surface area contributed by atoms with E-state index >= 15 is 0 Å². The molecule has 8 heteroatoms. The van der Waals surface area contributed by atoms with E-state index in [1.807, 2.05) is 0 Å². The first-order valence-corrected chi connectivity index (χ1v) is 7.72. The summed E-state index contributed by atoms with van der Waals surface area (Å²) in [5, 5.41) is 4.61. The van der Waals surface area contributed by atoms with Crippen LogP contribution in [0.15, 0.2) is 53.3 Å². The second-order valence-corrected chi connectivity index (χ2v) is 5.72. The number of carbonyl (C=O) groups is 1. The Morgan fingerprint density at radius 3 is 2.27 bits per heavy atom. The van der Waals surface area contributed by atoms with Crippen molar-refractivity contribution in [2.24, 2.45) is 0 Å². The number of benzene rings is 2. The molecule has 0 aliphatic rings. The van der Waals surface area contributed by atoms with Crippen LogP contribution in [-0.2, 0) is 4.74 Å². The van der Waals surface area contributed by atoms with Crippen molar-refractivity contribution in [3.63, 3.8) is 0 Å². The highest BCUT2D eigenvalue weighted by Gasteiger charge is 2.18. The monoisotopic (exact) mass is 376 g/mol. The van der Waals surface area contributed by atoms with Gasteiger partial charge in [-0.2, -0.15) is 9.78 Å². The Hall–Kier alpha value is -3.06. The zero-order valence-corrected chi connectivity index (χ0v) is 14.1. The first-order chi connectivity index (χ1) is 12.4. The lowest BCUT2D eigenvalue weighted by molar-refractivity contribution is 0.0598. The Labute approximate surface area is 151 Å². The van der Waals surface area contributed by atoms with Gasteiger partial charge >= 0.3 is 5.97 Å². The predicted octanol–water partition coefficient (Wildman–Crippen LogP) is 3.62. The first-order valence-electron chi connectivity index (χ1n) is 7.34. The molecular formula is C18H11ClF2N2O3. The van der Waals surface area contributed by atoms with Crippen molar-refractivity contribution in [1.82, 2.24) is 9.78 Å². The number of halogens is 3. The molecule has 1 aromatic heterocycles. The summed E-state index contributed by atoms with van der Waals surface area (Å²) in [4.78, 5) is 24.5. The number of aromatic nitrogens is 2. The highest BCUT2D eigenvalue weighted by molar-refractivity contribution is 6.30. The normalized spacial score (nSPS) is 10.6. The number of esters is 1. The topological polar surface area (TPSA) is 61.2 Å². The standard InChI is InChI=1S/C18H11ClF2N2O3/c1-26-18(25)15-9-16(10-2-4-11(19)5-3-10)22-23(17(15)24)14-7-12(20)6-13(21)8-14/h2-9H,1H3. The predicted molar refractivity (Wildman–Crippen MR) is 91.5 cm³/mol. The number of rotatable bonds is 3. The van der Waals surface area contributed by atoms with Crippen LogP contribution in [0.3, 0.4) is 0 Å². The van der Waals surface area contributed by atoms with Crippen LogP contribution < -0.4 is 5.56 Å². The molecule has 0 bridgehead atoms. The molecule has 0 amide bonds. The lowest BCUT2D eigenvalue weighted by Crippen LogP contribution is -2.28. The van der Waals surface area contributed by atoms with Crippen molar-refractivity contribution < 1.29 is 18.3 Å². The molecule has 5 nitrogen and oxygen atoms in total. The Morgan fingerprint density at radius 1 is 1.08 bits per heavy atom. The van der Waals surface area contributed by atoms with Gasteiger partial charge in [0, 0.05) is 16.7 Å². The smallest absolute Gasteiger partial charge is 0.343 e. The summed E-state index contributed by atoms with van der Waals surface area (Å²) in [6.45, 7) is 0. The summed E-state index contributed by atoms with van der Waals surface area (Å²) in [5.74, 6) is -2.66. The zero-order valence-electron chi connectivity index (χ0n) is 13.4. The Bertz CT molecular complexity index is 1030. The van der Waals surface area contributed by atoms with Crippen LogP contribution in [-0.4, -0.2) is 22.9 Å². The van der Waals surface area contributed by atoms with Gasteiger partial charge in [-0.15, -0.1) is 0 Å². The van der Waals surface area contributed by atoms with Gasteiger partial charge in [-0.1, -0.05) is 23.7 Å². The molecule has 0 N–H and O–H groups in total. The second-order valence-electron chi connectivity index (χ2n) is 5.29. The van der Waals surface area contributed by atoms with Gasteiger partial charge in [0.05, 0.1) is 18.5 Å². The van der Waals surface area contributed by atoms with Crippen LogP contribution >= 0.6 is 11.6 Å². The summed E-state index contributed by atoms with van der Waals surface area (Å²) in [5.41, 5.74) is -0.568. The van der Waals surface area contributed by atoms with Crippen LogP contribution in [0.1, 0.15) is 10.4 Å². The van der Waals surface area contributed by atoms with Gasteiger partial charge in [0.25, 0.3) is 5.56 Å². The van der Waals surface area contributed by atoms with Crippen molar-refractivity contribution in [1.29, 1.82) is 0 Å². The second kappa shape index (κ2) is 7.05. The largest absolute Gasteiger partial charge is 0.465 e. The van der Waals surface area contributed by atoms with Crippen LogP contribution in [0.2, 0.25) is 5.02 Å². The van der Waals surface area contributed by atoms with Crippen molar-refractivity contribution in [3.8, 4) is 16.9 Å². The van der Waals surface area contributed by atoms with Gasteiger partial charge in [-0.05, 0) is 30.3 Å². The molecule has 132 valence electrons. The van der Waals surface area contributed by atoms with E-state index in [9.17, 15) is 18.4 Å². The van der Waals surface area contributed by atoms with Crippen molar-refractivity contribution in [3.05, 3.63) is 81.1 Å².